The van der Waals surface area contributed by atoms with Crippen LogP contribution in [0.2, 0.25) is 0 Å². The van der Waals surface area contributed by atoms with Gasteiger partial charge in [0, 0.05) is 41.5 Å². The number of amides is 1. The first kappa shape index (κ1) is 18.6. The highest BCUT2D eigenvalue weighted by Gasteiger charge is 2.29. The Kier molecular flexibility index (Phi) is 4.39. The second kappa shape index (κ2) is 7.10. The first-order valence-corrected chi connectivity index (χ1v) is 10.4. The van der Waals surface area contributed by atoms with Gasteiger partial charge in [-0.1, -0.05) is 31.9 Å². The number of nitrogens with zero attached hydrogens (tertiary/aromatic N) is 4. The fourth-order valence-electron chi connectivity index (χ4n) is 4.70. The summed E-state index contributed by atoms with van der Waals surface area (Å²) in [5, 5.41) is 16.8. The largest absolute Gasteiger partial charge is 0.348 e. The van der Waals surface area contributed by atoms with Gasteiger partial charge in [-0.15, -0.1) is 0 Å². The molecular weight excluding hydrogens is 374 g/mol. The average molecular weight is 397 g/mol. The normalized spacial score (nSPS) is 16.9. The van der Waals surface area contributed by atoms with Gasteiger partial charge in [0.1, 0.15) is 11.8 Å². The van der Waals surface area contributed by atoms with Crippen LogP contribution in [0, 0.1) is 16.7 Å². The molecule has 30 heavy (non-hydrogen) atoms. The predicted octanol–water partition coefficient (Wildman–Crippen LogP) is 4.31. The molecule has 2 aliphatic rings. The lowest BCUT2D eigenvalue weighted by Crippen LogP contribution is -2.19. The third-order valence-electron chi connectivity index (χ3n) is 6.38. The van der Waals surface area contributed by atoms with E-state index in [4.69, 9.17) is 0 Å². The molecule has 2 aromatic heterocycles. The minimum absolute atomic E-state index is 0.0672. The number of hydrogen-bond acceptors (Lipinski definition) is 4. The standard InChI is InChI=1S/C24H23N5O/c1-24(8-2-3-9-24)15-29-14-18(13-27-29)20-7-6-19(11-25)28-22(20)16-4-5-17-12-26-23(30)21(17)10-16/h4-7,10,13-14H,2-3,8-9,12,15H2,1H3,(H,26,30). The van der Waals surface area contributed by atoms with E-state index >= 15 is 0 Å². The highest BCUT2D eigenvalue weighted by Crippen LogP contribution is 2.39. The average Bonchev–Trinajstić information content (AvgIpc) is 3.49. The third-order valence-corrected chi connectivity index (χ3v) is 6.38. The molecule has 0 saturated heterocycles. The molecule has 5 rings (SSSR count). The third kappa shape index (κ3) is 3.26. The molecule has 0 spiro atoms. The Bertz CT molecular complexity index is 1180. The van der Waals surface area contributed by atoms with Gasteiger partial charge in [-0.3, -0.25) is 9.48 Å². The SMILES string of the molecule is CC1(Cn2cc(-c3ccc(C#N)nc3-c3ccc4c(c3)C(=O)NC4)cn2)CCCC1. The second-order valence-electron chi connectivity index (χ2n) is 8.70. The number of nitriles is 1. The summed E-state index contributed by atoms with van der Waals surface area (Å²) in [4.78, 5) is 16.7. The maximum absolute atomic E-state index is 12.1. The molecule has 1 aliphatic carbocycles. The molecule has 0 unspecified atom stereocenters. The van der Waals surface area contributed by atoms with Crippen LogP contribution in [0.15, 0.2) is 42.7 Å². The van der Waals surface area contributed by atoms with E-state index in [9.17, 15) is 10.1 Å². The molecule has 1 fully saturated rings. The highest BCUT2D eigenvalue weighted by molar-refractivity contribution is 5.99. The summed E-state index contributed by atoms with van der Waals surface area (Å²) >= 11 is 0. The molecule has 0 bridgehead atoms. The Labute approximate surface area is 175 Å². The molecule has 1 N–H and O–H groups in total. The lowest BCUT2D eigenvalue weighted by Gasteiger charge is -2.22. The summed E-state index contributed by atoms with van der Waals surface area (Å²) in [5.74, 6) is -0.0672. The zero-order chi connectivity index (χ0) is 20.7. The van der Waals surface area contributed by atoms with Crippen LogP contribution < -0.4 is 5.32 Å². The van der Waals surface area contributed by atoms with Gasteiger partial charge >= 0.3 is 0 Å². The quantitative estimate of drug-likeness (QED) is 0.711. The van der Waals surface area contributed by atoms with Crippen molar-refractivity contribution in [1.29, 1.82) is 5.26 Å². The predicted molar refractivity (Wildman–Crippen MR) is 113 cm³/mol. The lowest BCUT2D eigenvalue weighted by molar-refractivity contribution is 0.0966. The van der Waals surface area contributed by atoms with Crippen molar-refractivity contribution in [2.75, 3.05) is 0 Å². The van der Waals surface area contributed by atoms with Gasteiger partial charge in [-0.2, -0.15) is 10.4 Å². The molecule has 6 nitrogen and oxygen atoms in total. The van der Waals surface area contributed by atoms with Crippen LogP contribution in [0.4, 0.5) is 0 Å². The van der Waals surface area contributed by atoms with Gasteiger partial charge < -0.3 is 5.32 Å². The van der Waals surface area contributed by atoms with Crippen LogP contribution in [0.5, 0.6) is 0 Å². The van der Waals surface area contributed by atoms with E-state index in [0.29, 0.717) is 28.9 Å². The molecule has 0 radical (unpaired) electrons. The number of pyridine rings is 1. The number of carbonyl (C=O) groups is 1. The molecule has 1 aliphatic heterocycles. The van der Waals surface area contributed by atoms with E-state index in [0.717, 1.165) is 28.8 Å². The first-order chi connectivity index (χ1) is 14.5. The Morgan fingerprint density at radius 1 is 1.17 bits per heavy atom. The lowest BCUT2D eigenvalue weighted by atomic mass is 9.89. The van der Waals surface area contributed by atoms with E-state index in [1.165, 1.54) is 25.7 Å². The zero-order valence-electron chi connectivity index (χ0n) is 17.0. The topological polar surface area (TPSA) is 83.6 Å². The van der Waals surface area contributed by atoms with Crippen molar-refractivity contribution in [3.8, 4) is 28.5 Å². The van der Waals surface area contributed by atoms with Crippen molar-refractivity contribution in [2.45, 2.75) is 45.7 Å². The van der Waals surface area contributed by atoms with Crippen LogP contribution >= 0.6 is 0 Å². The maximum atomic E-state index is 12.1. The molecule has 1 amide bonds. The van der Waals surface area contributed by atoms with Gasteiger partial charge in [0.2, 0.25) is 0 Å². The minimum atomic E-state index is -0.0672. The van der Waals surface area contributed by atoms with Crippen molar-refractivity contribution >= 4 is 5.91 Å². The van der Waals surface area contributed by atoms with Gasteiger partial charge in [0.15, 0.2) is 0 Å². The molecule has 150 valence electrons. The van der Waals surface area contributed by atoms with Crippen molar-refractivity contribution in [3.63, 3.8) is 0 Å². The fourth-order valence-corrected chi connectivity index (χ4v) is 4.70. The van der Waals surface area contributed by atoms with Crippen molar-refractivity contribution < 1.29 is 4.79 Å². The number of rotatable bonds is 4. The molecule has 0 atom stereocenters. The Balaban J connectivity index is 1.55. The van der Waals surface area contributed by atoms with Crippen molar-refractivity contribution in [3.05, 3.63) is 59.5 Å². The molecule has 6 heteroatoms. The molecule has 3 heterocycles. The number of hydrogen-bond donors (Lipinski definition) is 1. The molecule has 3 aromatic rings. The van der Waals surface area contributed by atoms with Crippen LogP contribution in [0.3, 0.4) is 0 Å². The van der Waals surface area contributed by atoms with E-state index in [-0.39, 0.29) is 5.91 Å². The number of nitrogens with one attached hydrogen (secondary N) is 1. The maximum Gasteiger partial charge on any atom is 0.251 e. The second-order valence-corrected chi connectivity index (χ2v) is 8.70. The number of aromatic nitrogens is 3. The number of benzene rings is 1. The van der Waals surface area contributed by atoms with Gasteiger partial charge in [0.25, 0.3) is 5.91 Å². The van der Waals surface area contributed by atoms with E-state index in [1.54, 1.807) is 6.07 Å². The first-order valence-electron chi connectivity index (χ1n) is 10.4. The summed E-state index contributed by atoms with van der Waals surface area (Å²) in [6.07, 6.45) is 8.99. The molecule has 1 saturated carbocycles. The van der Waals surface area contributed by atoms with Gasteiger partial charge in [-0.25, -0.2) is 4.98 Å². The summed E-state index contributed by atoms with van der Waals surface area (Å²) < 4.78 is 2.03. The van der Waals surface area contributed by atoms with Gasteiger partial charge in [0.05, 0.1) is 11.9 Å². The number of fused-ring (bicyclic) bond motifs is 1. The molecule has 1 aromatic carbocycles. The van der Waals surface area contributed by atoms with Crippen LogP contribution in [-0.4, -0.2) is 20.7 Å². The van der Waals surface area contributed by atoms with E-state index in [2.05, 4.69) is 34.6 Å². The van der Waals surface area contributed by atoms with Crippen molar-refractivity contribution in [2.24, 2.45) is 5.41 Å². The van der Waals surface area contributed by atoms with Crippen LogP contribution in [0.1, 0.15) is 54.2 Å². The Morgan fingerprint density at radius 2 is 2.00 bits per heavy atom. The zero-order valence-corrected chi connectivity index (χ0v) is 17.0. The van der Waals surface area contributed by atoms with E-state index < -0.39 is 0 Å². The monoisotopic (exact) mass is 397 g/mol. The summed E-state index contributed by atoms with van der Waals surface area (Å²) in [7, 11) is 0. The van der Waals surface area contributed by atoms with E-state index in [1.807, 2.05) is 35.1 Å². The van der Waals surface area contributed by atoms with Crippen LogP contribution in [0.25, 0.3) is 22.4 Å². The minimum Gasteiger partial charge on any atom is -0.348 e. The summed E-state index contributed by atoms with van der Waals surface area (Å²) in [6.45, 7) is 3.80. The summed E-state index contributed by atoms with van der Waals surface area (Å²) in [5.41, 5.74) is 5.72. The van der Waals surface area contributed by atoms with Crippen LogP contribution in [-0.2, 0) is 13.1 Å². The Morgan fingerprint density at radius 3 is 2.80 bits per heavy atom. The van der Waals surface area contributed by atoms with Gasteiger partial charge in [-0.05, 0) is 42.0 Å². The summed E-state index contributed by atoms with van der Waals surface area (Å²) in [6, 6.07) is 11.6. The molecular formula is C24H23N5O. The highest BCUT2D eigenvalue weighted by atomic mass is 16.1. The van der Waals surface area contributed by atoms with Crippen molar-refractivity contribution in [1.82, 2.24) is 20.1 Å². The Hall–Kier alpha value is -3.46. The fraction of sp³-hybridized carbons (Fsp3) is 0.333. The smallest absolute Gasteiger partial charge is 0.251 e. The number of carbonyl (C=O) groups excluding carboxylic acids is 1.